The minimum atomic E-state index is -0.142. The fourth-order valence-electron chi connectivity index (χ4n) is 8.88. The molecule has 4 aromatic carbocycles. The van der Waals surface area contributed by atoms with Gasteiger partial charge in [-0.05, 0) is 55.3 Å². The number of imide groups is 1. The Balaban J connectivity index is 1.25. The van der Waals surface area contributed by atoms with E-state index < -0.39 is 0 Å². The van der Waals surface area contributed by atoms with Crippen LogP contribution in [0.2, 0.25) is 0 Å². The maximum absolute atomic E-state index is 14.7. The molecular weight excluding hydrogens is 677 g/mol. The van der Waals surface area contributed by atoms with Gasteiger partial charge in [0.1, 0.15) is 5.76 Å². The van der Waals surface area contributed by atoms with Gasteiger partial charge in [-0.1, -0.05) is 172 Å². The number of carbonyl (C=O) groups excluding carboxylic acids is 2. The number of fused-ring (bicyclic) bond motifs is 2. The molecule has 0 bridgehead atoms. The molecule has 0 radical (unpaired) electrons. The lowest BCUT2D eigenvalue weighted by Crippen LogP contribution is -2.47. The molecule has 5 heteroatoms. The maximum Gasteiger partial charge on any atom is 0.261 e. The van der Waals surface area contributed by atoms with Crippen molar-refractivity contribution in [2.45, 2.75) is 148 Å². The van der Waals surface area contributed by atoms with Crippen LogP contribution >= 0.6 is 0 Å². The smallest absolute Gasteiger partial charge is 0.261 e. The predicted octanol–water partition coefficient (Wildman–Crippen LogP) is 14.6. The molecule has 55 heavy (non-hydrogen) atoms. The van der Waals surface area contributed by atoms with E-state index in [0.717, 1.165) is 83.2 Å². The Bertz CT molecular complexity index is 1870. The second kappa shape index (κ2) is 20.5. The van der Waals surface area contributed by atoms with Gasteiger partial charge in [-0.25, -0.2) is 0 Å². The van der Waals surface area contributed by atoms with Gasteiger partial charge in [0, 0.05) is 39.1 Å². The van der Waals surface area contributed by atoms with E-state index in [2.05, 4.69) is 67.3 Å². The standard InChI is InChI=1S/C50H64N2O3/c1-4-6-8-10-12-14-16-18-20-28-39(29-21-19-17-15-13-11-9-7-5-2)51-49(53)42-32-26-31-41-46(36-35-43(48(41)42)50(51)54)52-44-33-24-22-27-38(44)37-47(55-3)40-30-23-25-34-45(40)52/h22-27,30-37,39H,4-21,28-29H2,1-3H3. The van der Waals surface area contributed by atoms with Crippen molar-refractivity contribution in [2.75, 3.05) is 12.0 Å². The molecule has 0 aromatic heterocycles. The van der Waals surface area contributed by atoms with Crippen LogP contribution in [0, 0.1) is 0 Å². The third-order valence-electron chi connectivity index (χ3n) is 11.9. The van der Waals surface area contributed by atoms with Crippen molar-refractivity contribution < 1.29 is 14.3 Å². The molecule has 0 N–H and O–H groups in total. The van der Waals surface area contributed by atoms with Crippen LogP contribution in [0.3, 0.4) is 0 Å². The Hall–Kier alpha value is -4.38. The summed E-state index contributed by atoms with van der Waals surface area (Å²) in [6.07, 6.45) is 26.5. The number of nitrogens with zero attached hydrogens (tertiary/aromatic N) is 2. The molecule has 292 valence electrons. The van der Waals surface area contributed by atoms with Gasteiger partial charge in [-0.3, -0.25) is 14.5 Å². The summed E-state index contributed by atoms with van der Waals surface area (Å²) in [6, 6.07) is 26.5. The van der Waals surface area contributed by atoms with Gasteiger partial charge < -0.3 is 9.64 Å². The molecule has 0 spiro atoms. The first-order valence-corrected chi connectivity index (χ1v) is 21.8. The number of unbranched alkanes of at least 4 members (excludes halogenated alkanes) is 16. The summed E-state index contributed by atoms with van der Waals surface area (Å²) in [6.45, 7) is 4.54. The van der Waals surface area contributed by atoms with Gasteiger partial charge in [0.2, 0.25) is 0 Å². The van der Waals surface area contributed by atoms with Gasteiger partial charge in [0.15, 0.2) is 0 Å². The zero-order chi connectivity index (χ0) is 38.4. The topological polar surface area (TPSA) is 49.9 Å². The van der Waals surface area contributed by atoms with Gasteiger partial charge in [-0.2, -0.15) is 0 Å². The highest BCUT2D eigenvalue weighted by Crippen LogP contribution is 2.48. The van der Waals surface area contributed by atoms with Gasteiger partial charge in [0.05, 0.1) is 24.2 Å². The predicted molar refractivity (Wildman–Crippen MR) is 231 cm³/mol. The quantitative estimate of drug-likeness (QED) is 0.0561. The van der Waals surface area contributed by atoms with Crippen LogP contribution in [0.1, 0.15) is 174 Å². The molecule has 0 fully saturated rings. The molecule has 0 aliphatic carbocycles. The van der Waals surface area contributed by atoms with Crippen LogP contribution in [0.15, 0.2) is 78.9 Å². The van der Waals surface area contributed by atoms with E-state index in [4.69, 9.17) is 4.74 Å². The number of amides is 2. The van der Waals surface area contributed by atoms with E-state index in [-0.39, 0.29) is 17.9 Å². The Morgan fingerprint density at radius 1 is 0.509 bits per heavy atom. The molecule has 2 amide bonds. The Kier molecular flexibility index (Phi) is 15.0. The fraction of sp³-hybridized carbons (Fsp3) is 0.480. The SMILES string of the molecule is CCCCCCCCCCCC(CCCCCCCCCCC)N1C(=O)c2cccc3c(N4c5ccccc5C=C(OC)c5ccccc54)ccc(c23)C1=O. The van der Waals surface area contributed by atoms with Gasteiger partial charge >= 0.3 is 0 Å². The van der Waals surface area contributed by atoms with Crippen molar-refractivity contribution in [1.29, 1.82) is 0 Å². The Labute approximate surface area is 331 Å². The third-order valence-corrected chi connectivity index (χ3v) is 11.9. The zero-order valence-corrected chi connectivity index (χ0v) is 33.9. The number of rotatable bonds is 23. The molecule has 2 aliphatic heterocycles. The number of hydrogen-bond donors (Lipinski definition) is 0. The minimum Gasteiger partial charge on any atom is -0.496 e. The fourth-order valence-corrected chi connectivity index (χ4v) is 8.88. The number of hydrogen-bond acceptors (Lipinski definition) is 4. The molecule has 0 unspecified atom stereocenters. The van der Waals surface area contributed by atoms with Gasteiger partial charge in [-0.15, -0.1) is 0 Å². The van der Waals surface area contributed by atoms with Crippen molar-refractivity contribution in [1.82, 2.24) is 4.90 Å². The van der Waals surface area contributed by atoms with E-state index in [0.29, 0.717) is 11.1 Å². The highest BCUT2D eigenvalue weighted by atomic mass is 16.5. The summed E-state index contributed by atoms with van der Waals surface area (Å²) in [5.41, 5.74) is 6.20. The Morgan fingerprint density at radius 3 is 1.62 bits per heavy atom. The molecule has 4 aromatic rings. The average molecular weight is 741 g/mol. The first kappa shape index (κ1) is 40.3. The van der Waals surface area contributed by atoms with Crippen LogP contribution in [0.5, 0.6) is 0 Å². The molecular formula is C50H64N2O3. The maximum atomic E-state index is 14.7. The lowest BCUT2D eigenvalue weighted by molar-refractivity contribution is 0.0517. The van der Waals surface area contributed by atoms with E-state index in [1.165, 1.54) is 89.9 Å². The van der Waals surface area contributed by atoms with E-state index in [1.807, 2.05) is 36.4 Å². The first-order valence-electron chi connectivity index (χ1n) is 21.8. The second-order valence-electron chi connectivity index (χ2n) is 15.9. The molecule has 6 rings (SSSR count). The highest BCUT2D eigenvalue weighted by molar-refractivity contribution is 6.27. The molecule has 2 heterocycles. The molecule has 5 nitrogen and oxygen atoms in total. The Morgan fingerprint density at radius 2 is 1.02 bits per heavy atom. The van der Waals surface area contributed by atoms with Crippen molar-refractivity contribution in [2.24, 2.45) is 0 Å². The van der Waals surface area contributed by atoms with Crippen molar-refractivity contribution in [3.05, 3.63) is 101 Å². The van der Waals surface area contributed by atoms with Crippen molar-refractivity contribution in [3.63, 3.8) is 0 Å². The summed E-state index contributed by atoms with van der Waals surface area (Å²) >= 11 is 0. The monoisotopic (exact) mass is 740 g/mol. The van der Waals surface area contributed by atoms with Crippen LogP contribution in [0.4, 0.5) is 17.1 Å². The zero-order valence-electron chi connectivity index (χ0n) is 33.9. The number of ether oxygens (including phenoxy) is 1. The number of anilines is 3. The largest absolute Gasteiger partial charge is 0.496 e. The van der Waals surface area contributed by atoms with E-state index >= 15 is 0 Å². The minimum absolute atomic E-state index is 0.0832. The molecule has 0 saturated heterocycles. The normalized spacial score (nSPS) is 13.6. The lowest BCUT2D eigenvalue weighted by Gasteiger charge is -2.35. The molecule has 2 aliphatic rings. The van der Waals surface area contributed by atoms with E-state index in [1.54, 1.807) is 12.0 Å². The van der Waals surface area contributed by atoms with Crippen molar-refractivity contribution in [3.8, 4) is 0 Å². The second-order valence-corrected chi connectivity index (χ2v) is 15.9. The van der Waals surface area contributed by atoms with Gasteiger partial charge in [0.25, 0.3) is 11.8 Å². The summed E-state index contributed by atoms with van der Waals surface area (Å²) in [7, 11) is 1.71. The number of carbonyl (C=O) groups is 2. The average Bonchev–Trinajstić information content (AvgIpc) is 3.35. The summed E-state index contributed by atoms with van der Waals surface area (Å²) in [5, 5.41) is 1.66. The van der Waals surface area contributed by atoms with Crippen LogP contribution in [-0.4, -0.2) is 29.9 Å². The number of methoxy groups -OCH3 is 1. The highest BCUT2D eigenvalue weighted by Gasteiger charge is 2.38. The summed E-state index contributed by atoms with van der Waals surface area (Å²) < 4.78 is 5.92. The van der Waals surface area contributed by atoms with Crippen LogP contribution in [-0.2, 0) is 4.74 Å². The van der Waals surface area contributed by atoms with Crippen LogP contribution < -0.4 is 4.90 Å². The lowest BCUT2D eigenvalue weighted by atomic mass is 9.89. The first-order chi connectivity index (χ1) is 27.1. The van der Waals surface area contributed by atoms with Crippen LogP contribution in [0.25, 0.3) is 22.6 Å². The molecule has 0 saturated carbocycles. The molecule has 0 atom stereocenters. The number of benzene rings is 4. The van der Waals surface area contributed by atoms with Crippen molar-refractivity contribution >= 4 is 51.5 Å². The number of para-hydroxylation sites is 2. The summed E-state index contributed by atoms with van der Waals surface area (Å²) in [4.78, 5) is 33.2. The van der Waals surface area contributed by atoms with E-state index in [9.17, 15) is 9.59 Å². The summed E-state index contributed by atoms with van der Waals surface area (Å²) in [5.74, 6) is 0.508. The third kappa shape index (κ3) is 9.54.